The van der Waals surface area contributed by atoms with E-state index < -0.39 is 0 Å². The maximum atomic E-state index is 13.1. The molecule has 6 rings (SSSR count). The predicted octanol–water partition coefficient (Wildman–Crippen LogP) is 4.78. The summed E-state index contributed by atoms with van der Waals surface area (Å²) in [7, 11) is 0. The minimum absolute atomic E-state index is 0.168. The fraction of sp³-hybridized carbons (Fsp3) is 0.375. The second-order valence-corrected chi connectivity index (χ2v) is 10.6. The van der Waals surface area contributed by atoms with E-state index in [0.717, 1.165) is 65.8 Å². The molecule has 33 heavy (non-hydrogen) atoms. The molecule has 9 heteroatoms. The number of hydrogen-bond acceptors (Lipinski definition) is 7. The van der Waals surface area contributed by atoms with Gasteiger partial charge >= 0.3 is 0 Å². The van der Waals surface area contributed by atoms with E-state index in [-0.39, 0.29) is 5.91 Å². The molecule has 0 radical (unpaired) electrons. The number of hydrogen-bond donors (Lipinski definition) is 0. The fourth-order valence-corrected chi connectivity index (χ4v) is 6.42. The molecule has 2 aliphatic rings. The minimum Gasteiger partial charge on any atom is -0.341 e. The highest BCUT2D eigenvalue weighted by Crippen LogP contribution is 2.41. The first-order valence-corrected chi connectivity index (χ1v) is 13.2. The van der Waals surface area contributed by atoms with Crippen molar-refractivity contribution < 1.29 is 4.79 Å². The lowest BCUT2D eigenvalue weighted by Gasteiger charge is -2.31. The number of carbonyl (C=O) groups is 1. The number of nitrogens with zero attached hydrogens (tertiary/aromatic N) is 6. The van der Waals surface area contributed by atoms with Gasteiger partial charge in [0.05, 0.1) is 21.0 Å². The molecule has 0 N–H and O–H groups in total. The Kier molecular flexibility index (Phi) is 5.59. The number of pyridine rings is 1. The third kappa shape index (κ3) is 4.27. The van der Waals surface area contributed by atoms with Gasteiger partial charge in [-0.25, -0.2) is 4.98 Å². The molecule has 0 bridgehead atoms. The summed E-state index contributed by atoms with van der Waals surface area (Å²) in [5, 5.41) is 10.9. The van der Waals surface area contributed by atoms with Crippen LogP contribution in [0.3, 0.4) is 0 Å². The Bertz CT molecular complexity index is 1250. The molecule has 1 aliphatic heterocycles. The highest BCUT2D eigenvalue weighted by molar-refractivity contribution is 7.99. The number of benzene rings is 1. The van der Waals surface area contributed by atoms with E-state index in [1.54, 1.807) is 23.7 Å². The van der Waals surface area contributed by atoms with Gasteiger partial charge in [-0.3, -0.25) is 14.3 Å². The zero-order chi connectivity index (χ0) is 22.2. The van der Waals surface area contributed by atoms with Crippen molar-refractivity contribution in [2.24, 2.45) is 0 Å². The number of carbonyl (C=O) groups excluding carboxylic acids is 1. The van der Waals surface area contributed by atoms with Crippen LogP contribution in [0.15, 0.2) is 53.9 Å². The van der Waals surface area contributed by atoms with Gasteiger partial charge < -0.3 is 4.90 Å². The van der Waals surface area contributed by atoms with Crippen LogP contribution in [0.5, 0.6) is 0 Å². The third-order valence-corrected chi connectivity index (χ3v) is 8.40. The van der Waals surface area contributed by atoms with E-state index in [1.165, 1.54) is 16.5 Å². The maximum absolute atomic E-state index is 13.1. The first-order valence-electron chi connectivity index (χ1n) is 11.4. The Morgan fingerprint density at radius 2 is 1.94 bits per heavy atom. The van der Waals surface area contributed by atoms with Gasteiger partial charge in [0.15, 0.2) is 11.0 Å². The van der Waals surface area contributed by atoms with Crippen LogP contribution >= 0.6 is 23.1 Å². The molecule has 7 nitrogen and oxygen atoms in total. The molecule has 1 saturated carbocycles. The Morgan fingerprint density at radius 1 is 1.09 bits per heavy atom. The van der Waals surface area contributed by atoms with Crippen molar-refractivity contribution in [2.45, 2.75) is 42.8 Å². The smallest absolute Gasteiger partial charge is 0.233 e. The average molecular weight is 477 g/mol. The largest absolute Gasteiger partial charge is 0.341 e. The monoisotopic (exact) mass is 476 g/mol. The van der Waals surface area contributed by atoms with Crippen LogP contribution in [-0.4, -0.2) is 54.4 Å². The molecule has 4 aromatic rings. The van der Waals surface area contributed by atoms with Gasteiger partial charge in [-0.15, -0.1) is 21.5 Å². The molecule has 1 saturated heterocycles. The van der Waals surface area contributed by atoms with Gasteiger partial charge in [-0.1, -0.05) is 23.9 Å². The third-order valence-electron chi connectivity index (χ3n) is 6.27. The molecule has 0 spiro atoms. The van der Waals surface area contributed by atoms with Crippen molar-refractivity contribution >= 4 is 39.2 Å². The average Bonchev–Trinajstić information content (AvgIpc) is 3.46. The minimum atomic E-state index is 0.168. The van der Waals surface area contributed by atoms with Crippen LogP contribution in [0.1, 0.15) is 42.7 Å². The number of para-hydroxylation sites is 1. The van der Waals surface area contributed by atoms with E-state index in [4.69, 9.17) is 4.98 Å². The first-order chi connectivity index (χ1) is 16.3. The Hall–Kier alpha value is -2.78. The second kappa shape index (κ2) is 8.87. The van der Waals surface area contributed by atoms with E-state index in [2.05, 4.69) is 37.9 Å². The summed E-state index contributed by atoms with van der Waals surface area (Å²) in [4.78, 5) is 24.1. The van der Waals surface area contributed by atoms with Crippen LogP contribution in [0.4, 0.5) is 0 Å². The second-order valence-electron chi connectivity index (χ2n) is 8.63. The van der Waals surface area contributed by atoms with Crippen LogP contribution in [-0.2, 0) is 4.79 Å². The van der Waals surface area contributed by atoms with Crippen molar-refractivity contribution in [1.82, 2.24) is 29.6 Å². The maximum Gasteiger partial charge on any atom is 0.233 e. The Balaban J connectivity index is 1.14. The lowest BCUT2D eigenvalue weighted by atomic mass is 9.99. The molecular formula is C24H24N6OS2. The van der Waals surface area contributed by atoms with E-state index in [0.29, 0.717) is 17.7 Å². The van der Waals surface area contributed by atoms with Crippen LogP contribution in [0.2, 0.25) is 0 Å². The number of thiazole rings is 1. The van der Waals surface area contributed by atoms with E-state index in [1.807, 2.05) is 23.1 Å². The highest BCUT2D eigenvalue weighted by Gasteiger charge is 2.31. The zero-order valence-corrected chi connectivity index (χ0v) is 19.8. The lowest BCUT2D eigenvalue weighted by molar-refractivity contribution is -0.129. The van der Waals surface area contributed by atoms with Gasteiger partial charge in [-0.2, -0.15) is 0 Å². The normalized spacial score (nSPS) is 18.7. The summed E-state index contributed by atoms with van der Waals surface area (Å²) in [6.45, 7) is 1.56. The van der Waals surface area contributed by atoms with E-state index in [9.17, 15) is 4.79 Å². The number of rotatable bonds is 6. The molecule has 168 valence electrons. The van der Waals surface area contributed by atoms with Gasteiger partial charge in [-0.05, 0) is 49.9 Å². The number of likely N-dealkylation sites (tertiary alicyclic amines) is 1. The number of piperidine rings is 1. The van der Waals surface area contributed by atoms with Gasteiger partial charge in [0, 0.05) is 43.0 Å². The molecule has 1 amide bonds. The first kappa shape index (κ1) is 20.8. The molecule has 4 heterocycles. The Morgan fingerprint density at radius 3 is 2.76 bits per heavy atom. The summed E-state index contributed by atoms with van der Waals surface area (Å²) >= 11 is 3.26. The van der Waals surface area contributed by atoms with Crippen molar-refractivity contribution in [2.75, 3.05) is 18.8 Å². The molecule has 3 aromatic heterocycles. The van der Waals surface area contributed by atoms with E-state index >= 15 is 0 Å². The van der Waals surface area contributed by atoms with Crippen molar-refractivity contribution in [3.8, 4) is 11.4 Å². The molecule has 1 aliphatic carbocycles. The summed E-state index contributed by atoms with van der Waals surface area (Å²) in [5.74, 6) is 1.73. The van der Waals surface area contributed by atoms with Gasteiger partial charge in [0.25, 0.3) is 0 Å². The van der Waals surface area contributed by atoms with Crippen molar-refractivity contribution in [1.29, 1.82) is 0 Å². The summed E-state index contributed by atoms with van der Waals surface area (Å²) in [6, 6.07) is 12.6. The van der Waals surface area contributed by atoms with Crippen molar-refractivity contribution in [3.05, 3.63) is 53.8 Å². The van der Waals surface area contributed by atoms with Gasteiger partial charge in [0.2, 0.25) is 5.91 Å². The fourth-order valence-electron chi connectivity index (χ4n) is 4.42. The number of amides is 1. The predicted molar refractivity (Wildman–Crippen MR) is 130 cm³/mol. The van der Waals surface area contributed by atoms with Gasteiger partial charge in [0.1, 0.15) is 0 Å². The molecule has 0 unspecified atom stereocenters. The van der Waals surface area contributed by atoms with Crippen LogP contribution in [0.25, 0.3) is 21.6 Å². The molecule has 2 fully saturated rings. The number of aromatic nitrogens is 5. The number of fused-ring (bicyclic) bond motifs is 1. The lowest BCUT2D eigenvalue weighted by Crippen LogP contribution is -2.40. The molecule has 1 aromatic carbocycles. The topological polar surface area (TPSA) is 76.8 Å². The standard InChI is InChI=1S/C24H24N6OS2/c31-21(29-13-3-4-17(14-29)23-26-19-5-1-2-6-20(19)33-23)15-32-24-28-27-22(30(24)18-7-8-18)16-9-11-25-12-10-16/h1-2,5-6,9-12,17-18H,3-4,7-8,13-15H2/t17-/m0/s1. The quantitative estimate of drug-likeness (QED) is 0.373. The highest BCUT2D eigenvalue weighted by atomic mass is 32.2. The molecule has 1 atom stereocenters. The summed E-state index contributed by atoms with van der Waals surface area (Å²) < 4.78 is 3.42. The summed E-state index contributed by atoms with van der Waals surface area (Å²) in [5.41, 5.74) is 2.07. The van der Waals surface area contributed by atoms with Crippen molar-refractivity contribution in [3.63, 3.8) is 0 Å². The number of thioether (sulfide) groups is 1. The SMILES string of the molecule is O=C(CSc1nnc(-c2ccncc2)n1C1CC1)N1CCC[C@H](c2nc3ccccc3s2)C1. The molecular weight excluding hydrogens is 452 g/mol. The Labute approximate surface area is 200 Å². The van der Waals surface area contributed by atoms with Crippen LogP contribution < -0.4 is 0 Å². The zero-order valence-electron chi connectivity index (χ0n) is 18.1. The van der Waals surface area contributed by atoms with Crippen LogP contribution in [0, 0.1) is 0 Å². The summed E-state index contributed by atoms with van der Waals surface area (Å²) in [6.07, 6.45) is 7.91.